The molecule has 0 spiro atoms. The van der Waals surface area contributed by atoms with Gasteiger partial charge < -0.3 is 14.8 Å². The Balaban J connectivity index is 1.72. The molecule has 3 heteroatoms. The summed E-state index contributed by atoms with van der Waals surface area (Å²) in [6.07, 6.45) is 0. The van der Waals surface area contributed by atoms with E-state index in [-0.39, 0.29) is 0 Å². The number of hydrogen-bond acceptors (Lipinski definition) is 3. The van der Waals surface area contributed by atoms with Crippen molar-refractivity contribution in [2.45, 2.75) is 27.3 Å². The first-order chi connectivity index (χ1) is 11.0. The maximum absolute atomic E-state index is 5.76. The van der Waals surface area contributed by atoms with E-state index in [9.17, 15) is 0 Å². The molecule has 2 aromatic carbocycles. The van der Waals surface area contributed by atoms with Crippen LogP contribution in [-0.4, -0.2) is 19.8 Å². The fourth-order valence-electron chi connectivity index (χ4n) is 2.16. The first-order valence-corrected chi connectivity index (χ1v) is 8.13. The number of benzene rings is 2. The van der Waals surface area contributed by atoms with Crippen LogP contribution in [0.25, 0.3) is 0 Å². The van der Waals surface area contributed by atoms with Crippen molar-refractivity contribution in [3.05, 3.63) is 60.2 Å². The van der Waals surface area contributed by atoms with Crippen LogP contribution in [0.3, 0.4) is 0 Å². The second kappa shape index (κ2) is 8.59. The van der Waals surface area contributed by atoms with Gasteiger partial charge >= 0.3 is 0 Å². The van der Waals surface area contributed by atoms with E-state index in [0.717, 1.165) is 24.6 Å². The van der Waals surface area contributed by atoms with E-state index in [1.54, 1.807) is 0 Å². The molecule has 0 aliphatic carbocycles. The fourth-order valence-corrected chi connectivity index (χ4v) is 2.16. The Labute approximate surface area is 139 Å². The van der Waals surface area contributed by atoms with Gasteiger partial charge in [-0.1, -0.05) is 51.1 Å². The molecule has 0 saturated heterocycles. The van der Waals surface area contributed by atoms with Gasteiger partial charge in [-0.3, -0.25) is 0 Å². The second-order valence-electron chi connectivity index (χ2n) is 6.82. The number of para-hydroxylation sites is 1. The van der Waals surface area contributed by atoms with Gasteiger partial charge in [0.15, 0.2) is 0 Å². The van der Waals surface area contributed by atoms with Crippen molar-refractivity contribution in [2.75, 3.05) is 19.8 Å². The van der Waals surface area contributed by atoms with Gasteiger partial charge in [-0.25, -0.2) is 0 Å². The highest BCUT2D eigenvalue weighted by Gasteiger charge is 2.08. The van der Waals surface area contributed by atoms with Crippen LogP contribution in [0.2, 0.25) is 0 Å². The standard InChI is InChI=1S/C20H27NO2/c1-20(2,3)16-21-15-17-8-7-11-19(14-17)23-13-12-22-18-9-5-4-6-10-18/h4-11,14,21H,12-13,15-16H2,1-3H3. The van der Waals surface area contributed by atoms with Crippen molar-refractivity contribution in [3.63, 3.8) is 0 Å². The lowest BCUT2D eigenvalue weighted by atomic mass is 9.97. The molecule has 0 amide bonds. The SMILES string of the molecule is CC(C)(C)CNCc1cccc(OCCOc2ccccc2)c1. The molecule has 124 valence electrons. The maximum Gasteiger partial charge on any atom is 0.122 e. The molecule has 3 nitrogen and oxygen atoms in total. The molecule has 0 bridgehead atoms. The van der Waals surface area contributed by atoms with Gasteiger partial charge in [0.2, 0.25) is 0 Å². The quantitative estimate of drug-likeness (QED) is 0.738. The van der Waals surface area contributed by atoms with Crippen molar-refractivity contribution in [3.8, 4) is 11.5 Å². The van der Waals surface area contributed by atoms with Crippen LogP contribution in [-0.2, 0) is 6.54 Å². The summed E-state index contributed by atoms with van der Waals surface area (Å²) >= 11 is 0. The van der Waals surface area contributed by atoms with Gasteiger partial charge in [0, 0.05) is 13.1 Å². The third-order valence-electron chi connectivity index (χ3n) is 3.25. The highest BCUT2D eigenvalue weighted by atomic mass is 16.5. The van der Waals surface area contributed by atoms with Crippen LogP contribution in [0.15, 0.2) is 54.6 Å². The van der Waals surface area contributed by atoms with Gasteiger partial charge in [0.25, 0.3) is 0 Å². The van der Waals surface area contributed by atoms with Gasteiger partial charge in [-0.15, -0.1) is 0 Å². The normalized spacial score (nSPS) is 11.3. The third-order valence-corrected chi connectivity index (χ3v) is 3.25. The maximum atomic E-state index is 5.76. The Morgan fingerprint density at radius 1 is 0.826 bits per heavy atom. The van der Waals surface area contributed by atoms with E-state index >= 15 is 0 Å². The van der Waals surface area contributed by atoms with Crippen LogP contribution in [0.1, 0.15) is 26.3 Å². The summed E-state index contributed by atoms with van der Waals surface area (Å²) in [4.78, 5) is 0. The highest BCUT2D eigenvalue weighted by Crippen LogP contribution is 2.15. The van der Waals surface area contributed by atoms with Crippen LogP contribution in [0, 0.1) is 5.41 Å². The summed E-state index contributed by atoms with van der Waals surface area (Å²) in [5.41, 5.74) is 1.53. The Morgan fingerprint density at radius 2 is 1.48 bits per heavy atom. The molecule has 2 aromatic rings. The molecule has 0 saturated carbocycles. The predicted molar refractivity (Wildman–Crippen MR) is 95.0 cm³/mol. The zero-order chi connectivity index (χ0) is 16.5. The van der Waals surface area contributed by atoms with E-state index in [0.29, 0.717) is 18.6 Å². The molecular weight excluding hydrogens is 286 g/mol. The minimum absolute atomic E-state index is 0.295. The number of hydrogen-bond donors (Lipinski definition) is 1. The molecule has 0 aliphatic heterocycles. The molecule has 0 aromatic heterocycles. The van der Waals surface area contributed by atoms with Crippen molar-refractivity contribution in [1.82, 2.24) is 5.32 Å². The van der Waals surface area contributed by atoms with Crippen molar-refractivity contribution >= 4 is 0 Å². The molecule has 0 unspecified atom stereocenters. The first-order valence-electron chi connectivity index (χ1n) is 8.13. The van der Waals surface area contributed by atoms with Crippen molar-refractivity contribution < 1.29 is 9.47 Å². The molecule has 0 atom stereocenters. The molecule has 0 radical (unpaired) electrons. The van der Waals surface area contributed by atoms with E-state index in [1.807, 2.05) is 42.5 Å². The summed E-state index contributed by atoms with van der Waals surface area (Å²) in [5.74, 6) is 1.76. The van der Waals surface area contributed by atoms with E-state index in [2.05, 4.69) is 38.2 Å². The molecule has 2 rings (SSSR count). The average Bonchev–Trinajstić information content (AvgIpc) is 2.52. The van der Waals surface area contributed by atoms with Crippen LogP contribution >= 0.6 is 0 Å². The van der Waals surface area contributed by atoms with Crippen LogP contribution in [0.5, 0.6) is 11.5 Å². The van der Waals surface area contributed by atoms with Crippen LogP contribution in [0.4, 0.5) is 0 Å². The summed E-state index contributed by atoms with van der Waals surface area (Å²) < 4.78 is 11.4. The zero-order valence-electron chi connectivity index (χ0n) is 14.3. The van der Waals surface area contributed by atoms with Gasteiger partial charge in [0.05, 0.1) is 0 Å². The number of nitrogens with one attached hydrogen (secondary N) is 1. The van der Waals surface area contributed by atoms with Gasteiger partial charge in [-0.05, 0) is 35.2 Å². The smallest absolute Gasteiger partial charge is 0.122 e. The minimum Gasteiger partial charge on any atom is -0.490 e. The molecule has 23 heavy (non-hydrogen) atoms. The minimum atomic E-state index is 0.295. The molecule has 0 heterocycles. The molecular formula is C20H27NO2. The Bertz CT molecular complexity index is 576. The van der Waals surface area contributed by atoms with E-state index < -0.39 is 0 Å². The van der Waals surface area contributed by atoms with E-state index in [4.69, 9.17) is 9.47 Å². The van der Waals surface area contributed by atoms with Gasteiger partial charge in [-0.2, -0.15) is 0 Å². The lowest BCUT2D eigenvalue weighted by Crippen LogP contribution is -2.26. The number of rotatable bonds is 8. The average molecular weight is 313 g/mol. The Hall–Kier alpha value is -2.00. The molecule has 1 N–H and O–H groups in total. The lowest BCUT2D eigenvalue weighted by molar-refractivity contribution is 0.217. The fraction of sp³-hybridized carbons (Fsp3) is 0.400. The topological polar surface area (TPSA) is 30.5 Å². The number of ether oxygens (including phenoxy) is 2. The monoisotopic (exact) mass is 313 g/mol. The summed E-state index contributed by atoms with van der Waals surface area (Å²) in [7, 11) is 0. The summed E-state index contributed by atoms with van der Waals surface area (Å²) in [6.45, 7) is 9.60. The molecule has 0 aliphatic rings. The van der Waals surface area contributed by atoms with Crippen LogP contribution < -0.4 is 14.8 Å². The first kappa shape index (κ1) is 17.4. The largest absolute Gasteiger partial charge is 0.490 e. The molecule has 0 fully saturated rings. The van der Waals surface area contributed by atoms with Crippen molar-refractivity contribution in [2.24, 2.45) is 5.41 Å². The predicted octanol–water partition coefficient (Wildman–Crippen LogP) is 4.28. The van der Waals surface area contributed by atoms with E-state index in [1.165, 1.54) is 5.56 Å². The summed E-state index contributed by atoms with van der Waals surface area (Å²) in [6, 6.07) is 18.0. The third kappa shape index (κ3) is 7.20. The van der Waals surface area contributed by atoms with Crippen molar-refractivity contribution in [1.29, 1.82) is 0 Å². The highest BCUT2D eigenvalue weighted by molar-refractivity contribution is 5.28. The Kier molecular flexibility index (Phi) is 6.48. The lowest BCUT2D eigenvalue weighted by Gasteiger charge is -2.19. The Morgan fingerprint density at radius 3 is 2.17 bits per heavy atom. The zero-order valence-corrected chi connectivity index (χ0v) is 14.3. The van der Waals surface area contributed by atoms with Gasteiger partial charge in [0.1, 0.15) is 24.7 Å². The summed E-state index contributed by atoms with van der Waals surface area (Å²) in [5, 5.41) is 3.48. The second-order valence-corrected chi connectivity index (χ2v) is 6.82.